The first-order chi connectivity index (χ1) is 9.33. The molecular weight excluding hydrogens is 241 g/mol. The van der Waals surface area contributed by atoms with Crippen LogP contribution in [-0.4, -0.2) is 21.1 Å². The van der Waals surface area contributed by atoms with Crippen LogP contribution in [0.25, 0.3) is 21.9 Å². The maximum Gasteiger partial charge on any atom is 0.101 e. The van der Waals surface area contributed by atoms with E-state index in [9.17, 15) is 4.39 Å². The Morgan fingerprint density at radius 2 is 2.11 bits per heavy atom. The van der Waals surface area contributed by atoms with Gasteiger partial charge in [-0.1, -0.05) is 18.2 Å². The first-order valence-electron chi connectivity index (χ1n) is 6.68. The van der Waals surface area contributed by atoms with Gasteiger partial charge in [0.15, 0.2) is 0 Å². The van der Waals surface area contributed by atoms with E-state index in [1.807, 2.05) is 24.3 Å². The number of benzene rings is 1. The van der Waals surface area contributed by atoms with Crippen LogP contribution in [-0.2, 0) is 0 Å². The molecule has 0 spiro atoms. The number of hydrogen-bond acceptors (Lipinski definition) is 2. The van der Waals surface area contributed by atoms with Crippen molar-refractivity contribution in [1.82, 2.24) is 15.0 Å². The molecule has 2 heterocycles. The summed E-state index contributed by atoms with van der Waals surface area (Å²) in [4.78, 5) is 12.3. The largest absolute Gasteiger partial charge is 0.343 e. The van der Waals surface area contributed by atoms with Crippen molar-refractivity contribution in [2.24, 2.45) is 0 Å². The van der Waals surface area contributed by atoms with Gasteiger partial charge < -0.3 is 4.98 Å². The monoisotopic (exact) mass is 255 g/mol. The maximum absolute atomic E-state index is 13.4. The van der Waals surface area contributed by atoms with Gasteiger partial charge in [-0.3, -0.25) is 4.98 Å². The number of H-pyrrole nitrogens is 1. The predicted molar refractivity (Wildman–Crippen MR) is 72.9 cm³/mol. The molecule has 2 atom stereocenters. The van der Waals surface area contributed by atoms with Crippen LogP contribution in [0.4, 0.5) is 4.39 Å². The third kappa shape index (κ3) is 1.63. The molecule has 0 unspecified atom stereocenters. The summed E-state index contributed by atoms with van der Waals surface area (Å²) in [6.45, 7) is 0. The smallest absolute Gasteiger partial charge is 0.101 e. The minimum Gasteiger partial charge on any atom is -0.343 e. The second-order valence-corrected chi connectivity index (χ2v) is 5.25. The molecule has 1 fully saturated rings. The fraction of sp³-hybridized carbons (Fsp3) is 0.333. The summed E-state index contributed by atoms with van der Waals surface area (Å²) in [5.41, 5.74) is 3.84. The number of alkyl halides is 1. The van der Waals surface area contributed by atoms with Crippen LogP contribution in [0.5, 0.6) is 0 Å². The Morgan fingerprint density at radius 1 is 1.21 bits per heavy atom. The average Bonchev–Trinajstić information content (AvgIpc) is 3.06. The number of fused-ring (bicyclic) bond motifs is 3. The molecule has 0 saturated heterocycles. The summed E-state index contributed by atoms with van der Waals surface area (Å²) < 4.78 is 13.4. The number of halogens is 1. The van der Waals surface area contributed by atoms with Gasteiger partial charge in [-0.25, -0.2) is 9.37 Å². The number of imidazole rings is 1. The second-order valence-electron chi connectivity index (χ2n) is 5.25. The molecule has 1 aliphatic rings. The van der Waals surface area contributed by atoms with Gasteiger partial charge in [0.05, 0.1) is 28.6 Å². The summed E-state index contributed by atoms with van der Waals surface area (Å²) in [6, 6.07) is 7.99. The molecule has 96 valence electrons. The molecule has 0 aliphatic heterocycles. The molecule has 1 aliphatic carbocycles. The first kappa shape index (κ1) is 10.9. The van der Waals surface area contributed by atoms with Crippen LogP contribution in [0.1, 0.15) is 30.9 Å². The molecule has 3 nitrogen and oxygen atoms in total. The Bertz CT molecular complexity index is 749. The van der Waals surface area contributed by atoms with Crippen LogP contribution in [0.2, 0.25) is 0 Å². The fourth-order valence-corrected chi connectivity index (χ4v) is 3.12. The van der Waals surface area contributed by atoms with Crippen molar-refractivity contribution in [1.29, 1.82) is 0 Å². The van der Waals surface area contributed by atoms with E-state index in [1.54, 1.807) is 6.33 Å². The van der Waals surface area contributed by atoms with Crippen molar-refractivity contribution in [3.8, 4) is 0 Å². The third-order valence-corrected chi connectivity index (χ3v) is 4.05. The highest BCUT2D eigenvalue weighted by molar-refractivity contribution is 6.02. The SMILES string of the molecule is F[C@H]1CC[C@@H](c2nc3ccccc3c3nc[nH]c23)C1. The molecule has 0 radical (unpaired) electrons. The summed E-state index contributed by atoms with van der Waals surface area (Å²) in [5, 5.41) is 1.05. The molecule has 4 rings (SSSR count). The Hall–Kier alpha value is -1.97. The molecule has 19 heavy (non-hydrogen) atoms. The minimum absolute atomic E-state index is 0.211. The van der Waals surface area contributed by atoms with Gasteiger partial charge in [-0.2, -0.15) is 0 Å². The summed E-state index contributed by atoms with van der Waals surface area (Å²) in [5.74, 6) is 0.211. The van der Waals surface area contributed by atoms with E-state index in [0.29, 0.717) is 12.8 Å². The number of aromatic nitrogens is 3. The van der Waals surface area contributed by atoms with E-state index in [-0.39, 0.29) is 5.92 Å². The standard InChI is InChI=1S/C15H14FN3/c16-10-6-5-9(7-10)13-15-14(17-8-18-15)11-3-1-2-4-12(11)19-13/h1-4,8-10H,5-7H2,(H,17,18)/t9-,10+/m1/s1. The van der Waals surface area contributed by atoms with Gasteiger partial charge in [0.1, 0.15) is 6.17 Å². The van der Waals surface area contributed by atoms with E-state index in [4.69, 9.17) is 4.98 Å². The third-order valence-electron chi connectivity index (χ3n) is 4.05. The zero-order valence-electron chi connectivity index (χ0n) is 10.4. The zero-order valence-corrected chi connectivity index (χ0v) is 10.4. The highest BCUT2D eigenvalue weighted by atomic mass is 19.1. The highest BCUT2D eigenvalue weighted by Crippen LogP contribution is 2.38. The normalized spacial score (nSPS) is 23.4. The van der Waals surface area contributed by atoms with Crippen LogP contribution < -0.4 is 0 Å². The highest BCUT2D eigenvalue weighted by Gasteiger charge is 2.28. The Balaban J connectivity index is 2.00. The summed E-state index contributed by atoms with van der Waals surface area (Å²) in [6.07, 6.45) is 3.12. The van der Waals surface area contributed by atoms with Gasteiger partial charge in [-0.15, -0.1) is 0 Å². The molecule has 0 bridgehead atoms. The van der Waals surface area contributed by atoms with Gasteiger partial charge in [0.2, 0.25) is 0 Å². The Labute approximate surface area is 109 Å². The van der Waals surface area contributed by atoms with E-state index in [0.717, 1.165) is 34.1 Å². The van der Waals surface area contributed by atoms with Crippen molar-refractivity contribution in [2.45, 2.75) is 31.4 Å². The van der Waals surface area contributed by atoms with Crippen molar-refractivity contribution in [3.63, 3.8) is 0 Å². The van der Waals surface area contributed by atoms with E-state index in [1.165, 1.54) is 0 Å². The molecule has 1 saturated carbocycles. The van der Waals surface area contributed by atoms with Crippen LogP contribution in [0.15, 0.2) is 30.6 Å². The minimum atomic E-state index is -0.684. The fourth-order valence-electron chi connectivity index (χ4n) is 3.12. The molecule has 3 aromatic rings. The van der Waals surface area contributed by atoms with Gasteiger partial charge >= 0.3 is 0 Å². The zero-order chi connectivity index (χ0) is 12.8. The van der Waals surface area contributed by atoms with Crippen LogP contribution >= 0.6 is 0 Å². The van der Waals surface area contributed by atoms with E-state index in [2.05, 4.69) is 9.97 Å². The van der Waals surface area contributed by atoms with Gasteiger partial charge in [0, 0.05) is 11.3 Å². The van der Waals surface area contributed by atoms with Crippen LogP contribution in [0, 0.1) is 0 Å². The lowest BCUT2D eigenvalue weighted by atomic mass is 10.0. The summed E-state index contributed by atoms with van der Waals surface area (Å²) in [7, 11) is 0. The van der Waals surface area contributed by atoms with Crippen molar-refractivity contribution in [2.75, 3.05) is 0 Å². The van der Waals surface area contributed by atoms with Crippen LogP contribution in [0.3, 0.4) is 0 Å². The predicted octanol–water partition coefficient (Wildman–Crippen LogP) is 3.72. The number of para-hydroxylation sites is 1. The molecule has 0 amide bonds. The van der Waals surface area contributed by atoms with Crippen molar-refractivity contribution >= 4 is 21.9 Å². The number of rotatable bonds is 1. The quantitative estimate of drug-likeness (QED) is 0.720. The number of aromatic amines is 1. The number of nitrogens with one attached hydrogen (secondary N) is 1. The molecular formula is C15H14FN3. The first-order valence-corrected chi connectivity index (χ1v) is 6.68. The maximum atomic E-state index is 13.4. The van der Waals surface area contributed by atoms with E-state index >= 15 is 0 Å². The number of nitrogens with zero attached hydrogens (tertiary/aromatic N) is 2. The van der Waals surface area contributed by atoms with Gasteiger partial charge in [-0.05, 0) is 25.3 Å². The molecule has 1 N–H and O–H groups in total. The Kier molecular flexibility index (Phi) is 2.31. The molecule has 4 heteroatoms. The molecule has 1 aromatic carbocycles. The summed E-state index contributed by atoms with van der Waals surface area (Å²) >= 11 is 0. The molecule has 2 aromatic heterocycles. The number of pyridine rings is 1. The lowest BCUT2D eigenvalue weighted by Crippen LogP contribution is -2.00. The lowest BCUT2D eigenvalue weighted by molar-refractivity contribution is 0.339. The lowest BCUT2D eigenvalue weighted by Gasteiger charge is -2.11. The number of hydrogen-bond donors (Lipinski definition) is 1. The second kappa shape index (κ2) is 4.02. The van der Waals surface area contributed by atoms with Gasteiger partial charge in [0.25, 0.3) is 0 Å². The Morgan fingerprint density at radius 3 is 2.95 bits per heavy atom. The van der Waals surface area contributed by atoms with Crippen molar-refractivity contribution in [3.05, 3.63) is 36.3 Å². The van der Waals surface area contributed by atoms with Crippen molar-refractivity contribution < 1.29 is 4.39 Å². The average molecular weight is 255 g/mol. The topological polar surface area (TPSA) is 41.6 Å². The van der Waals surface area contributed by atoms with E-state index < -0.39 is 6.17 Å².